The third-order valence-electron chi connectivity index (χ3n) is 8.86. The molecule has 4 fully saturated rings. The highest BCUT2D eigenvalue weighted by atomic mass is 35.5. The Morgan fingerprint density at radius 3 is 2.46 bits per heavy atom. The van der Waals surface area contributed by atoms with Crippen LogP contribution in [0.2, 0.25) is 5.02 Å². The molecule has 5 aliphatic rings. The lowest BCUT2D eigenvalue weighted by Gasteiger charge is -2.50. The van der Waals surface area contributed by atoms with Crippen LogP contribution in [0.15, 0.2) is 36.4 Å². The Morgan fingerprint density at radius 1 is 0.973 bits per heavy atom. The van der Waals surface area contributed by atoms with Crippen LogP contribution in [-0.4, -0.2) is 41.2 Å². The van der Waals surface area contributed by atoms with Gasteiger partial charge in [0.05, 0.1) is 5.54 Å². The van der Waals surface area contributed by atoms with Crippen LogP contribution in [0.25, 0.3) is 0 Å². The highest BCUT2D eigenvalue weighted by Gasteiger charge is 2.48. The minimum atomic E-state index is -0.636. The second kappa shape index (κ2) is 8.58. The van der Waals surface area contributed by atoms with E-state index in [0.29, 0.717) is 30.1 Å². The predicted octanol–water partition coefficient (Wildman–Crippen LogP) is 3.43. The second-order valence-corrected chi connectivity index (χ2v) is 11.3. The minimum Gasteiger partial charge on any atom is -0.337 e. The van der Waals surface area contributed by atoms with E-state index < -0.39 is 17.5 Å². The van der Waals surface area contributed by atoms with Gasteiger partial charge in [-0.05, 0) is 73.4 Å². The molecule has 1 unspecified atom stereocenters. The Kier molecular flexibility index (Phi) is 5.56. The van der Waals surface area contributed by atoms with Crippen molar-refractivity contribution in [2.45, 2.75) is 69.0 Å². The molecule has 0 radical (unpaired) electrons. The lowest BCUT2D eigenvalue weighted by atomic mass is 9.61. The van der Waals surface area contributed by atoms with Crippen LogP contribution in [-0.2, 0) is 27.1 Å². The molecule has 1 atom stereocenters. The van der Waals surface area contributed by atoms with Gasteiger partial charge in [-0.3, -0.25) is 19.7 Å². The van der Waals surface area contributed by atoms with Gasteiger partial charge >= 0.3 is 6.03 Å². The van der Waals surface area contributed by atoms with Crippen molar-refractivity contribution >= 4 is 35.4 Å². The fourth-order valence-corrected chi connectivity index (χ4v) is 6.70. The number of rotatable bonds is 3. The molecule has 5 amide bonds. The molecule has 7 rings (SSSR count). The van der Waals surface area contributed by atoms with Crippen LogP contribution in [0.1, 0.15) is 71.1 Å². The monoisotopic (exact) mass is 520 g/mol. The van der Waals surface area contributed by atoms with Crippen LogP contribution < -0.4 is 16.0 Å². The molecule has 192 valence electrons. The van der Waals surface area contributed by atoms with E-state index in [1.807, 2.05) is 31.2 Å². The number of fused-ring (bicyclic) bond motifs is 6. The van der Waals surface area contributed by atoms with E-state index in [1.54, 1.807) is 4.90 Å². The van der Waals surface area contributed by atoms with Crippen molar-refractivity contribution in [2.75, 3.05) is 6.54 Å². The maximum atomic E-state index is 13.1. The lowest BCUT2D eigenvalue weighted by molar-refractivity contribution is -0.136. The van der Waals surface area contributed by atoms with E-state index in [9.17, 15) is 19.2 Å². The molecule has 2 aromatic carbocycles. The van der Waals surface area contributed by atoms with Gasteiger partial charge in [0.25, 0.3) is 5.91 Å². The molecule has 0 spiro atoms. The molecule has 1 aliphatic carbocycles. The number of benzene rings is 2. The fraction of sp³-hybridized carbons (Fsp3) is 0.429. The van der Waals surface area contributed by atoms with Crippen molar-refractivity contribution in [3.8, 4) is 0 Å². The average Bonchev–Trinajstić information content (AvgIpc) is 3.19. The number of aryl methyl sites for hydroxylation is 1. The van der Waals surface area contributed by atoms with Gasteiger partial charge in [-0.25, -0.2) is 4.79 Å². The van der Waals surface area contributed by atoms with Gasteiger partial charge in [0.1, 0.15) is 6.04 Å². The maximum absolute atomic E-state index is 13.1. The summed E-state index contributed by atoms with van der Waals surface area (Å²) in [4.78, 5) is 51.6. The molecular formula is C28H29ClN4O4. The first kappa shape index (κ1) is 24.0. The first-order chi connectivity index (χ1) is 17.7. The zero-order valence-electron chi connectivity index (χ0n) is 20.7. The molecular weight excluding hydrogens is 492 g/mol. The largest absolute Gasteiger partial charge is 0.337 e. The van der Waals surface area contributed by atoms with Crippen molar-refractivity contribution < 1.29 is 19.2 Å². The highest BCUT2D eigenvalue weighted by Crippen LogP contribution is 2.49. The molecule has 3 N–H and O–H groups in total. The highest BCUT2D eigenvalue weighted by molar-refractivity contribution is 6.31. The first-order valence-electron chi connectivity index (χ1n) is 12.8. The molecule has 37 heavy (non-hydrogen) atoms. The van der Waals surface area contributed by atoms with Crippen LogP contribution in [0.3, 0.4) is 0 Å². The third kappa shape index (κ3) is 3.89. The smallest absolute Gasteiger partial charge is 0.315 e. The zero-order chi connectivity index (χ0) is 25.9. The predicted molar refractivity (Wildman–Crippen MR) is 137 cm³/mol. The van der Waals surface area contributed by atoms with Gasteiger partial charge in [-0.2, -0.15) is 0 Å². The molecule has 8 nitrogen and oxygen atoms in total. The number of halogens is 1. The number of amides is 5. The Balaban J connectivity index is 1.29. The van der Waals surface area contributed by atoms with Crippen LogP contribution in [0, 0.1) is 6.92 Å². The van der Waals surface area contributed by atoms with Crippen molar-refractivity contribution in [1.82, 2.24) is 20.9 Å². The lowest BCUT2D eigenvalue weighted by Crippen LogP contribution is -2.60. The zero-order valence-corrected chi connectivity index (χ0v) is 21.4. The molecule has 4 aliphatic heterocycles. The van der Waals surface area contributed by atoms with Gasteiger partial charge < -0.3 is 15.5 Å². The molecule has 2 aromatic rings. The summed E-state index contributed by atoms with van der Waals surface area (Å²) < 4.78 is 0. The van der Waals surface area contributed by atoms with E-state index in [0.717, 1.165) is 47.9 Å². The van der Waals surface area contributed by atoms with Gasteiger partial charge in [0, 0.05) is 35.5 Å². The van der Waals surface area contributed by atoms with Crippen LogP contribution in [0.5, 0.6) is 0 Å². The number of nitrogens with zero attached hydrogens (tertiary/aromatic N) is 1. The fourth-order valence-electron chi connectivity index (χ4n) is 6.51. The van der Waals surface area contributed by atoms with E-state index in [-0.39, 0.29) is 29.7 Å². The SMILES string of the molecule is Cc1ccc(C23CCC(c4ccc5c(c4)CN(C4CCC(=O)NC4=O)C5=O)(CC2)CNC(=O)N3)cc1Cl. The average molecular weight is 521 g/mol. The second-order valence-electron chi connectivity index (χ2n) is 10.9. The van der Waals surface area contributed by atoms with E-state index in [1.165, 1.54) is 0 Å². The summed E-state index contributed by atoms with van der Waals surface area (Å²) in [5.74, 6) is -0.886. The first-order valence-corrected chi connectivity index (χ1v) is 13.2. The summed E-state index contributed by atoms with van der Waals surface area (Å²) in [7, 11) is 0. The molecule has 3 saturated heterocycles. The number of hydrogen-bond acceptors (Lipinski definition) is 4. The molecule has 2 bridgehead atoms. The van der Waals surface area contributed by atoms with Gasteiger partial charge in [0.2, 0.25) is 11.8 Å². The Morgan fingerprint density at radius 2 is 1.73 bits per heavy atom. The van der Waals surface area contributed by atoms with E-state index >= 15 is 0 Å². The number of carbonyl (C=O) groups is 4. The number of hydrogen-bond donors (Lipinski definition) is 3. The number of imide groups is 1. The normalized spacial score (nSPS) is 29.2. The van der Waals surface area contributed by atoms with E-state index in [4.69, 9.17) is 11.6 Å². The Labute approximate surface area is 220 Å². The summed E-state index contributed by atoms with van der Waals surface area (Å²) in [5, 5.41) is 9.35. The van der Waals surface area contributed by atoms with Crippen molar-refractivity contribution in [3.05, 3.63) is 69.2 Å². The van der Waals surface area contributed by atoms with Crippen molar-refractivity contribution in [2.24, 2.45) is 0 Å². The quantitative estimate of drug-likeness (QED) is 0.539. The van der Waals surface area contributed by atoms with Gasteiger partial charge in [-0.15, -0.1) is 0 Å². The summed E-state index contributed by atoms with van der Waals surface area (Å²) in [5.41, 5.74) is 3.86. The molecule has 1 saturated carbocycles. The summed E-state index contributed by atoms with van der Waals surface area (Å²) in [6.45, 7) is 2.81. The summed E-state index contributed by atoms with van der Waals surface area (Å²) >= 11 is 6.45. The van der Waals surface area contributed by atoms with Crippen LogP contribution >= 0.6 is 11.6 Å². The minimum absolute atomic E-state index is 0.178. The molecule has 9 heteroatoms. The molecule has 0 aromatic heterocycles. The van der Waals surface area contributed by atoms with Crippen LogP contribution in [0.4, 0.5) is 4.79 Å². The van der Waals surface area contributed by atoms with Gasteiger partial charge in [-0.1, -0.05) is 35.9 Å². The van der Waals surface area contributed by atoms with Gasteiger partial charge in [0.15, 0.2) is 0 Å². The van der Waals surface area contributed by atoms with Crippen molar-refractivity contribution in [3.63, 3.8) is 0 Å². The maximum Gasteiger partial charge on any atom is 0.315 e. The summed E-state index contributed by atoms with van der Waals surface area (Å²) in [6, 6.07) is 11.1. The third-order valence-corrected chi connectivity index (χ3v) is 9.27. The van der Waals surface area contributed by atoms with E-state index in [2.05, 4.69) is 28.1 Å². The number of urea groups is 1. The standard InChI is InChI=1S/C28H29ClN4O4/c1-16-2-3-19(13-21(16)29)28-10-8-27(9-11-28,15-30-26(37)32-28)18-4-5-20-17(12-18)14-33(25(20)36)22-6-7-23(34)31-24(22)35/h2-5,12-13,22H,6-11,14-15H2,1H3,(H2,30,32,37)(H,31,34,35). The Hall–Kier alpha value is -3.39. The number of piperidine rings is 1. The topological polar surface area (TPSA) is 108 Å². The Bertz CT molecular complexity index is 1350. The summed E-state index contributed by atoms with van der Waals surface area (Å²) in [6.07, 6.45) is 3.83. The number of nitrogens with one attached hydrogen (secondary N) is 3. The van der Waals surface area contributed by atoms with Crippen molar-refractivity contribution in [1.29, 1.82) is 0 Å². The number of carbonyl (C=O) groups excluding carboxylic acids is 4. The molecule has 4 heterocycles.